The first-order valence-electron chi connectivity index (χ1n) is 4.17. The minimum Gasteiger partial charge on any atom is -0.321 e. The van der Waals surface area contributed by atoms with Crippen molar-refractivity contribution in [1.29, 1.82) is 0 Å². The first-order chi connectivity index (χ1) is 6.29. The molecular weight excluding hydrogens is 165 g/mol. The zero-order chi connectivity index (χ0) is 9.26. The molecule has 0 spiro atoms. The van der Waals surface area contributed by atoms with Gasteiger partial charge in [0.1, 0.15) is 5.82 Å². The normalized spacial score (nSPS) is 10.3. The van der Waals surface area contributed by atoms with Gasteiger partial charge in [-0.05, 0) is 30.7 Å². The molecule has 0 fully saturated rings. The van der Waals surface area contributed by atoms with Gasteiger partial charge in [-0.25, -0.2) is 4.39 Å². The maximum Gasteiger partial charge on any atom is 0.147 e. The van der Waals surface area contributed by atoms with E-state index < -0.39 is 0 Å². The van der Waals surface area contributed by atoms with Crippen LogP contribution in [0.15, 0.2) is 42.7 Å². The van der Waals surface area contributed by atoms with Crippen molar-refractivity contribution in [1.82, 2.24) is 4.57 Å². The Morgan fingerprint density at radius 1 is 1.08 bits per heavy atom. The molecule has 0 radical (unpaired) electrons. The molecule has 66 valence electrons. The molecule has 2 rings (SSSR count). The fourth-order valence-electron chi connectivity index (χ4n) is 1.43. The summed E-state index contributed by atoms with van der Waals surface area (Å²) in [6.07, 6.45) is 3.68. The van der Waals surface area contributed by atoms with Gasteiger partial charge in [0.2, 0.25) is 0 Å². The molecule has 1 aromatic carbocycles. The molecule has 0 N–H and O–H groups in total. The summed E-state index contributed by atoms with van der Waals surface area (Å²) >= 11 is 0. The predicted molar refractivity (Wildman–Crippen MR) is 50.5 cm³/mol. The summed E-state index contributed by atoms with van der Waals surface area (Å²) in [4.78, 5) is 0. The van der Waals surface area contributed by atoms with Crippen molar-refractivity contribution in [3.63, 3.8) is 0 Å². The molecule has 0 aliphatic carbocycles. The number of para-hydroxylation sites is 1. The number of rotatable bonds is 1. The first-order valence-corrected chi connectivity index (χ1v) is 4.17. The molecule has 0 amide bonds. The van der Waals surface area contributed by atoms with Gasteiger partial charge in [0.25, 0.3) is 0 Å². The monoisotopic (exact) mass is 175 g/mol. The standard InChI is InChI=1S/C11H10FN/c1-9-5-4-6-10(12)11(9)13-7-2-3-8-13/h2-8H,1H3. The minimum atomic E-state index is -0.184. The lowest BCUT2D eigenvalue weighted by atomic mass is 10.2. The third kappa shape index (κ3) is 1.35. The van der Waals surface area contributed by atoms with Crippen LogP contribution >= 0.6 is 0 Å². The Bertz CT molecular complexity index is 384. The van der Waals surface area contributed by atoms with E-state index in [2.05, 4.69) is 0 Å². The third-order valence-corrected chi connectivity index (χ3v) is 2.05. The van der Waals surface area contributed by atoms with E-state index in [1.165, 1.54) is 6.07 Å². The number of aromatic nitrogens is 1. The van der Waals surface area contributed by atoms with Gasteiger partial charge in [0, 0.05) is 12.4 Å². The van der Waals surface area contributed by atoms with Gasteiger partial charge in [-0.15, -0.1) is 0 Å². The molecule has 13 heavy (non-hydrogen) atoms. The van der Waals surface area contributed by atoms with Crippen molar-refractivity contribution in [2.45, 2.75) is 6.92 Å². The quantitative estimate of drug-likeness (QED) is 0.628. The van der Waals surface area contributed by atoms with E-state index >= 15 is 0 Å². The first kappa shape index (κ1) is 8.05. The number of benzene rings is 1. The fourth-order valence-corrected chi connectivity index (χ4v) is 1.43. The highest BCUT2D eigenvalue weighted by atomic mass is 19.1. The summed E-state index contributed by atoms with van der Waals surface area (Å²) in [5.41, 5.74) is 1.57. The van der Waals surface area contributed by atoms with Crippen LogP contribution in [0.25, 0.3) is 5.69 Å². The number of nitrogens with zero attached hydrogens (tertiary/aromatic N) is 1. The van der Waals surface area contributed by atoms with Crippen molar-refractivity contribution in [2.75, 3.05) is 0 Å². The second-order valence-electron chi connectivity index (χ2n) is 3.00. The van der Waals surface area contributed by atoms with Crippen LogP contribution in [0, 0.1) is 12.7 Å². The van der Waals surface area contributed by atoms with E-state index in [0.717, 1.165) is 5.56 Å². The molecule has 0 bridgehead atoms. The van der Waals surface area contributed by atoms with Crippen LogP contribution in [0.3, 0.4) is 0 Å². The number of halogens is 1. The molecule has 1 heterocycles. The predicted octanol–water partition coefficient (Wildman–Crippen LogP) is 2.92. The van der Waals surface area contributed by atoms with Crippen LogP contribution in [0.4, 0.5) is 4.39 Å². The van der Waals surface area contributed by atoms with Gasteiger partial charge in [0.15, 0.2) is 0 Å². The van der Waals surface area contributed by atoms with Gasteiger partial charge >= 0.3 is 0 Å². The van der Waals surface area contributed by atoms with E-state index in [1.54, 1.807) is 10.6 Å². The highest BCUT2D eigenvalue weighted by Crippen LogP contribution is 2.17. The molecule has 1 aromatic heterocycles. The van der Waals surface area contributed by atoms with Crippen LogP contribution in [0.1, 0.15) is 5.56 Å². The van der Waals surface area contributed by atoms with Gasteiger partial charge in [-0.2, -0.15) is 0 Å². The van der Waals surface area contributed by atoms with Crippen molar-refractivity contribution in [2.24, 2.45) is 0 Å². The molecule has 0 atom stereocenters. The Labute approximate surface area is 76.4 Å². The second kappa shape index (κ2) is 3.05. The Kier molecular flexibility index (Phi) is 1.89. The van der Waals surface area contributed by atoms with Crippen LogP contribution in [0.2, 0.25) is 0 Å². The van der Waals surface area contributed by atoms with Crippen molar-refractivity contribution in [3.8, 4) is 5.69 Å². The summed E-state index contributed by atoms with van der Waals surface area (Å²) < 4.78 is 15.2. The molecule has 0 saturated carbocycles. The summed E-state index contributed by atoms with van der Waals surface area (Å²) in [5.74, 6) is -0.184. The lowest BCUT2D eigenvalue weighted by molar-refractivity contribution is 0.617. The number of hydrogen-bond donors (Lipinski definition) is 0. The van der Waals surface area contributed by atoms with E-state index in [4.69, 9.17) is 0 Å². The smallest absolute Gasteiger partial charge is 0.147 e. The van der Waals surface area contributed by atoms with Crippen molar-refractivity contribution in [3.05, 3.63) is 54.1 Å². The number of aryl methyl sites for hydroxylation is 1. The molecule has 0 aliphatic rings. The summed E-state index contributed by atoms with van der Waals surface area (Å²) in [6.45, 7) is 1.90. The minimum absolute atomic E-state index is 0.184. The average molecular weight is 175 g/mol. The van der Waals surface area contributed by atoms with Crippen LogP contribution in [-0.2, 0) is 0 Å². The van der Waals surface area contributed by atoms with Crippen LogP contribution in [-0.4, -0.2) is 4.57 Å². The third-order valence-electron chi connectivity index (χ3n) is 2.05. The van der Waals surface area contributed by atoms with E-state index in [9.17, 15) is 4.39 Å². The van der Waals surface area contributed by atoms with Gasteiger partial charge in [0.05, 0.1) is 5.69 Å². The number of hydrogen-bond acceptors (Lipinski definition) is 0. The molecule has 2 aromatic rings. The fraction of sp³-hybridized carbons (Fsp3) is 0.0909. The van der Waals surface area contributed by atoms with Crippen molar-refractivity contribution < 1.29 is 4.39 Å². The highest BCUT2D eigenvalue weighted by molar-refractivity contribution is 5.41. The van der Waals surface area contributed by atoms with E-state index in [1.807, 2.05) is 37.5 Å². The van der Waals surface area contributed by atoms with E-state index in [-0.39, 0.29) is 5.82 Å². The van der Waals surface area contributed by atoms with Gasteiger partial charge < -0.3 is 4.57 Å². The molecule has 2 heteroatoms. The Balaban J connectivity index is 2.64. The zero-order valence-electron chi connectivity index (χ0n) is 7.37. The molecule has 1 nitrogen and oxygen atoms in total. The maximum atomic E-state index is 13.4. The summed E-state index contributed by atoms with van der Waals surface area (Å²) in [6, 6.07) is 8.86. The zero-order valence-corrected chi connectivity index (χ0v) is 7.37. The maximum absolute atomic E-state index is 13.4. The largest absolute Gasteiger partial charge is 0.321 e. The van der Waals surface area contributed by atoms with Crippen molar-refractivity contribution >= 4 is 0 Å². The summed E-state index contributed by atoms with van der Waals surface area (Å²) in [7, 11) is 0. The van der Waals surface area contributed by atoms with Crippen LogP contribution < -0.4 is 0 Å². The lowest BCUT2D eigenvalue weighted by Gasteiger charge is -2.07. The SMILES string of the molecule is Cc1cccc(F)c1-n1cccc1. The molecule has 0 unspecified atom stereocenters. The Morgan fingerprint density at radius 2 is 1.77 bits per heavy atom. The lowest BCUT2D eigenvalue weighted by Crippen LogP contribution is -1.97. The average Bonchev–Trinajstić information content (AvgIpc) is 2.57. The van der Waals surface area contributed by atoms with Crippen LogP contribution in [0.5, 0.6) is 0 Å². The summed E-state index contributed by atoms with van der Waals surface area (Å²) in [5, 5.41) is 0. The van der Waals surface area contributed by atoms with E-state index in [0.29, 0.717) is 5.69 Å². The molecule has 0 aliphatic heterocycles. The topological polar surface area (TPSA) is 4.93 Å². The van der Waals surface area contributed by atoms with Gasteiger partial charge in [-0.3, -0.25) is 0 Å². The molecule has 0 saturated heterocycles. The Morgan fingerprint density at radius 3 is 2.38 bits per heavy atom. The van der Waals surface area contributed by atoms with Gasteiger partial charge in [-0.1, -0.05) is 12.1 Å². The highest BCUT2D eigenvalue weighted by Gasteiger charge is 2.05. The molecular formula is C11H10FN. The Hall–Kier alpha value is -1.57. The second-order valence-corrected chi connectivity index (χ2v) is 3.00.